The van der Waals surface area contributed by atoms with Crippen LogP contribution in [0.25, 0.3) is 0 Å². The van der Waals surface area contributed by atoms with Crippen LogP contribution in [0.1, 0.15) is 31.9 Å². The van der Waals surface area contributed by atoms with E-state index in [1.54, 1.807) is 13.0 Å². The van der Waals surface area contributed by atoms with Crippen molar-refractivity contribution < 1.29 is 27.8 Å². The highest BCUT2D eigenvalue weighted by molar-refractivity contribution is 5.78. The van der Waals surface area contributed by atoms with E-state index in [0.29, 0.717) is 18.7 Å². The highest BCUT2D eigenvalue weighted by atomic mass is 19.4. The summed E-state index contributed by atoms with van der Waals surface area (Å²) in [6.07, 6.45) is -4.32. The monoisotopic (exact) mass is 398 g/mol. The van der Waals surface area contributed by atoms with Crippen molar-refractivity contribution in [1.29, 1.82) is 5.26 Å². The lowest BCUT2D eigenvalue weighted by atomic mass is 9.90. The second-order valence-corrected chi connectivity index (χ2v) is 8.07. The first-order chi connectivity index (χ1) is 13.0. The molecule has 8 heteroatoms. The van der Waals surface area contributed by atoms with Gasteiger partial charge in [-0.3, -0.25) is 4.79 Å². The van der Waals surface area contributed by atoms with Crippen LogP contribution in [0.15, 0.2) is 24.3 Å². The number of piperazine rings is 1. The number of carbonyl (C=O) groups is 1. The molecule has 1 fully saturated rings. The van der Waals surface area contributed by atoms with Gasteiger partial charge in [-0.15, -0.1) is 0 Å². The number of amides is 1. The number of halogens is 3. The molecule has 0 aromatic heterocycles. The van der Waals surface area contributed by atoms with Crippen molar-refractivity contribution >= 4 is 5.91 Å². The third kappa shape index (κ3) is 5.94. The molecule has 5 nitrogen and oxygen atoms in total. The number of alkyl halides is 3. The second kappa shape index (κ2) is 8.93. The van der Waals surface area contributed by atoms with Crippen molar-refractivity contribution in [1.82, 2.24) is 5.32 Å². The topological polar surface area (TPSA) is 61.8 Å². The minimum Gasteiger partial charge on any atom is -0.333 e. The smallest absolute Gasteiger partial charge is 0.333 e. The van der Waals surface area contributed by atoms with E-state index < -0.39 is 17.3 Å². The van der Waals surface area contributed by atoms with Crippen LogP contribution in [0.2, 0.25) is 0 Å². The number of hydrogen-bond acceptors (Lipinski definition) is 2. The summed E-state index contributed by atoms with van der Waals surface area (Å²) in [5.41, 5.74) is -0.823. The molecule has 2 rings (SSSR count). The van der Waals surface area contributed by atoms with E-state index in [0.717, 1.165) is 37.1 Å². The summed E-state index contributed by atoms with van der Waals surface area (Å²) < 4.78 is 38.5. The standard InChI is InChI=1S/C20H27F3N4O/c1-15(2)19(3,14-24)25-18(28)13-27-9-7-26(8-10-27)12-16-5-4-6-17(11-16)20(21,22)23/h4-6,11,15H,7-10,12-13H2,1-3H3,(H,25,28)/p+2/t19-/m0/s1. The summed E-state index contributed by atoms with van der Waals surface area (Å²) in [6.45, 7) is 9.49. The Morgan fingerprint density at radius 3 is 2.36 bits per heavy atom. The molecular weight excluding hydrogens is 369 g/mol. The number of benzene rings is 1. The first kappa shape index (κ1) is 22.2. The lowest BCUT2D eigenvalue weighted by molar-refractivity contribution is -1.02. The zero-order valence-electron chi connectivity index (χ0n) is 16.6. The van der Waals surface area contributed by atoms with Crippen LogP contribution in [-0.4, -0.2) is 44.2 Å². The quantitative estimate of drug-likeness (QED) is 0.634. The Kier molecular flexibility index (Phi) is 7.07. The molecule has 0 unspecified atom stereocenters. The first-order valence-corrected chi connectivity index (χ1v) is 9.59. The number of rotatable bonds is 6. The molecule has 0 radical (unpaired) electrons. The summed E-state index contributed by atoms with van der Waals surface area (Å²) in [6, 6.07) is 7.65. The molecule has 1 amide bonds. The fourth-order valence-corrected chi connectivity index (χ4v) is 3.32. The molecule has 0 bridgehead atoms. The predicted molar refractivity (Wildman–Crippen MR) is 98.4 cm³/mol. The summed E-state index contributed by atoms with van der Waals surface area (Å²) in [5, 5.41) is 12.1. The molecule has 1 heterocycles. The van der Waals surface area contributed by atoms with Crippen LogP contribution in [0.3, 0.4) is 0 Å². The molecule has 1 aliphatic heterocycles. The Hall–Kier alpha value is -2.11. The van der Waals surface area contributed by atoms with Crippen molar-refractivity contribution in [2.45, 2.75) is 39.0 Å². The minimum absolute atomic E-state index is 0.00482. The highest BCUT2D eigenvalue weighted by Crippen LogP contribution is 2.29. The van der Waals surface area contributed by atoms with Gasteiger partial charge < -0.3 is 15.1 Å². The number of hydrogen-bond donors (Lipinski definition) is 3. The average Bonchev–Trinajstić information content (AvgIpc) is 2.62. The molecule has 154 valence electrons. The molecular formula is C20H29F3N4O+2. The highest BCUT2D eigenvalue weighted by Gasteiger charge is 2.33. The molecule has 0 spiro atoms. The van der Waals surface area contributed by atoms with Gasteiger partial charge in [0.15, 0.2) is 6.54 Å². The normalized spacial score (nSPS) is 22.4. The van der Waals surface area contributed by atoms with E-state index in [-0.39, 0.29) is 11.8 Å². The van der Waals surface area contributed by atoms with Gasteiger partial charge in [-0.1, -0.05) is 26.0 Å². The Morgan fingerprint density at radius 1 is 1.21 bits per heavy atom. The van der Waals surface area contributed by atoms with Gasteiger partial charge in [-0.05, 0) is 25.0 Å². The average molecular weight is 398 g/mol. The van der Waals surface area contributed by atoms with Gasteiger partial charge in [0.25, 0.3) is 5.91 Å². The van der Waals surface area contributed by atoms with Crippen LogP contribution in [-0.2, 0) is 17.5 Å². The Balaban J connectivity index is 1.83. The molecule has 1 saturated heterocycles. The lowest BCUT2D eigenvalue weighted by Gasteiger charge is -2.31. The molecule has 1 aromatic carbocycles. The van der Waals surface area contributed by atoms with Gasteiger partial charge in [0.2, 0.25) is 0 Å². The maximum absolute atomic E-state index is 12.8. The number of nitriles is 1. The van der Waals surface area contributed by atoms with Gasteiger partial charge in [0.1, 0.15) is 38.3 Å². The Bertz CT molecular complexity index is 721. The van der Waals surface area contributed by atoms with E-state index in [1.807, 2.05) is 13.8 Å². The first-order valence-electron chi connectivity index (χ1n) is 9.59. The zero-order chi connectivity index (χ0) is 20.9. The van der Waals surface area contributed by atoms with Crippen LogP contribution >= 0.6 is 0 Å². The van der Waals surface area contributed by atoms with Gasteiger partial charge in [-0.25, -0.2) is 0 Å². The summed E-state index contributed by atoms with van der Waals surface area (Å²) >= 11 is 0. The summed E-state index contributed by atoms with van der Waals surface area (Å²) in [4.78, 5) is 14.6. The lowest BCUT2D eigenvalue weighted by Crippen LogP contribution is -3.28. The van der Waals surface area contributed by atoms with E-state index in [1.165, 1.54) is 17.0 Å². The van der Waals surface area contributed by atoms with E-state index in [9.17, 15) is 23.2 Å². The zero-order valence-corrected chi connectivity index (χ0v) is 16.6. The van der Waals surface area contributed by atoms with Crippen LogP contribution in [0, 0.1) is 17.2 Å². The van der Waals surface area contributed by atoms with Crippen LogP contribution < -0.4 is 15.1 Å². The van der Waals surface area contributed by atoms with Gasteiger partial charge >= 0.3 is 6.18 Å². The van der Waals surface area contributed by atoms with Crippen molar-refractivity contribution in [2.24, 2.45) is 5.92 Å². The SMILES string of the molecule is CC(C)[C@](C)(C#N)NC(=O)C[NH+]1CC[NH+](Cc2cccc(C(F)(F)F)c2)CC1. The van der Waals surface area contributed by atoms with E-state index >= 15 is 0 Å². The number of carbonyl (C=O) groups excluding carboxylic acids is 1. The molecule has 1 aromatic rings. The summed E-state index contributed by atoms with van der Waals surface area (Å²) in [5.74, 6) is -0.140. The molecule has 28 heavy (non-hydrogen) atoms. The van der Waals surface area contributed by atoms with Crippen molar-refractivity contribution in [2.75, 3.05) is 32.7 Å². The largest absolute Gasteiger partial charge is 0.416 e. The second-order valence-electron chi connectivity index (χ2n) is 8.07. The van der Waals surface area contributed by atoms with Gasteiger partial charge in [-0.2, -0.15) is 18.4 Å². The van der Waals surface area contributed by atoms with Gasteiger partial charge in [0, 0.05) is 5.56 Å². The van der Waals surface area contributed by atoms with Gasteiger partial charge in [0.05, 0.1) is 11.6 Å². The van der Waals surface area contributed by atoms with Crippen molar-refractivity contribution in [3.05, 3.63) is 35.4 Å². The summed E-state index contributed by atoms with van der Waals surface area (Å²) in [7, 11) is 0. The van der Waals surface area contributed by atoms with Crippen molar-refractivity contribution in [3.63, 3.8) is 0 Å². The molecule has 0 saturated carbocycles. The number of nitrogens with one attached hydrogen (secondary N) is 3. The number of quaternary nitrogens is 2. The fourth-order valence-electron chi connectivity index (χ4n) is 3.32. The van der Waals surface area contributed by atoms with E-state index in [4.69, 9.17) is 0 Å². The third-order valence-electron chi connectivity index (χ3n) is 5.57. The number of nitrogens with zero attached hydrogens (tertiary/aromatic N) is 1. The minimum atomic E-state index is -4.32. The van der Waals surface area contributed by atoms with Crippen LogP contribution in [0.4, 0.5) is 13.2 Å². The van der Waals surface area contributed by atoms with Crippen molar-refractivity contribution in [3.8, 4) is 6.07 Å². The molecule has 1 aliphatic rings. The Morgan fingerprint density at radius 2 is 1.82 bits per heavy atom. The predicted octanol–water partition coefficient (Wildman–Crippen LogP) is 0.0433. The van der Waals surface area contributed by atoms with Crippen LogP contribution in [0.5, 0.6) is 0 Å². The van der Waals surface area contributed by atoms with E-state index in [2.05, 4.69) is 11.4 Å². The Labute approximate surface area is 164 Å². The molecule has 0 aliphatic carbocycles. The molecule has 1 atom stereocenters. The molecule has 3 N–H and O–H groups in total. The maximum atomic E-state index is 12.8. The third-order valence-corrected chi connectivity index (χ3v) is 5.57. The maximum Gasteiger partial charge on any atom is 0.416 e. The fraction of sp³-hybridized carbons (Fsp3) is 0.600.